The van der Waals surface area contributed by atoms with Crippen LogP contribution in [0.2, 0.25) is 5.02 Å². The van der Waals surface area contributed by atoms with Gasteiger partial charge >= 0.3 is 0 Å². The van der Waals surface area contributed by atoms with Gasteiger partial charge in [-0.05, 0) is 43.9 Å². The highest BCUT2D eigenvalue weighted by Gasteiger charge is 2.42. The van der Waals surface area contributed by atoms with Crippen molar-refractivity contribution in [2.75, 3.05) is 6.61 Å². The third-order valence-corrected chi connectivity index (χ3v) is 4.61. The molecular formula is C16H19ClO3. The summed E-state index contributed by atoms with van der Waals surface area (Å²) in [5, 5.41) is 0.543. The van der Waals surface area contributed by atoms with Gasteiger partial charge in [0, 0.05) is 5.02 Å². The lowest BCUT2D eigenvalue weighted by atomic mass is 9.98. The van der Waals surface area contributed by atoms with Crippen LogP contribution in [0.3, 0.4) is 0 Å². The smallest absolute Gasteiger partial charge is 0.153 e. The Bertz CT molecular complexity index is 494. The number of aldehydes is 1. The Labute approximate surface area is 124 Å². The summed E-state index contributed by atoms with van der Waals surface area (Å²) in [5.74, 6) is 0.584. The predicted molar refractivity (Wildman–Crippen MR) is 77.6 cm³/mol. The molecule has 1 aliphatic carbocycles. The molecule has 1 aliphatic heterocycles. The number of ether oxygens (including phenoxy) is 2. The van der Waals surface area contributed by atoms with E-state index in [1.807, 2.05) is 0 Å². The zero-order chi connectivity index (χ0) is 14.0. The third-order valence-electron chi connectivity index (χ3n) is 4.38. The molecule has 3 nitrogen and oxygen atoms in total. The molecule has 1 spiro atoms. The zero-order valence-corrected chi connectivity index (χ0v) is 12.2. The molecule has 108 valence electrons. The minimum absolute atomic E-state index is 0.126. The number of halogens is 1. The van der Waals surface area contributed by atoms with Crippen molar-refractivity contribution in [3.05, 3.63) is 28.8 Å². The van der Waals surface area contributed by atoms with Crippen LogP contribution >= 0.6 is 11.6 Å². The first-order valence-corrected chi connectivity index (χ1v) is 7.64. The molecule has 1 aromatic carbocycles. The highest BCUT2D eigenvalue weighted by molar-refractivity contribution is 6.30. The van der Waals surface area contributed by atoms with Crippen molar-refractivity contribution in [2.24, 2.45) is 0 Å². The van der Waals surface area contributed by atoms with E-state index in [1.165, 1.54) is 25.7 Å². The van der Waals surface area contributed by atoms with Gasteiger partial charge in [-0.1, -0.05) is 24.4 Å². The van der Waals surface area contributed by atoms with Gasteiger partial charge in [-0.3, -0.25) is 4.79 Å². The van der Waals surface area contributed by atoms with E-state index in [1.54, 1.807) is 18.2 Å². The molecule has 2 aliphatic rings. The van der Waals surface area contributed by atoms with E-state index in [0.717, 1.165) is 19.1 Å². The molecule has 0 radical (unpaired) electrons. The molecule has 0 aromatic heterocycles. The Hall–Kier alpha value is -1.06. The van der Waals surface area contributed by atoms with Gasteiger partial charge in [-0.25, -0.2) is 0 Å². The van der Waals surface area contributed by atoms with Gasteiger partial charge in [0.05, 0.1) is 17.3 Å². The number of hydrogen-bond acceptors (Lipinski definition) is 3. The Balaban J connectivity index is 1.59. The average molecular weight is 295 g/mol. The summed E-state index contributed by atoms with van der Waals surface area (Å²) in [4.78, 5) is 11.0. The summed E-state index contributed by atoms with van der Waals surface area (Å²) in [7, 11) is 0. The number of rotatable bonds is 4. The second-order valence-corrected chi connectivity index (χ2v) is 6.22. The van der Waals surface area contributed by atoms with Crippen molar-refractivity contribution in [1.29, 1.82) is 0 Å². The largest absolute Gasteiger partial charge is 0.490 e. The monoisotopic (exact) mass is 294 g/mol. The van der Waals surface area contributed by atoms with E-state index in [-0.39, 0.29) is 11.7 Å². The van der Waals surface area contributed by atoms with Crippen LogP contribution in [-0.4, -0.2) is 24.6 Å². The van der Waals surface area contributed by atoms with Gasteiger partial charge in [0.1, 0.15) is 12.4 Å². The summed E-state index contributed by atoms with van der Waals surface area (Å²) >= 11 is 5.87. The predicted octanol–water partition coefficient (Wildman–Crippen LogP) is 4.02. The molecule has 4 heteroatoms. The van der Waals surface area contributed by atoms with Crippen LogP contribution in [0.5, 0.6) is 5.75 Å². The van der Waals surface area contributed by atoms with Crippen molar-refractivity contribution in [2.45, 2.75) is 50.2 Å². The molecule has 0 bridgehead atoms. The first-order chi connectivity index (χ1) is 9.71. The maximum absolute atomic E-state index is 11.0. The number of carbonyl (C=O) groups excluding carboxylic acids is 1. The van der Waals surface area contributed by atoms with E-state index < -0.39 is 0 Å². The van der Waals surface area contributed by atoms with Crippen molar-refractivity contribution in [3.8, 4) is 5.75 Å². The quantitative estimate of drug-likeness (QED) is 0.787. The minimum atomic E-state index is 0.126. The third kappa shape index (κ3) is 2.84. The maximum atomic E-state index is 11.0. The van der Waals surface area contributed by atoms with E-state index >= 15 is 0 Å². The first kappa shape index (κ1) is 13.9. The van der Waals surface area contributed by atoms with Gasteiger partial charge in [0.2, 0.25) is 0 Å². The van der Waals surface area contributed by atoms with Crippen LogP contribution in [-0.2, 0) is 4.74 Å². The summed E-state index contributed by atoms with van der Waals surface area (Å²) in [5.41, 5.74) is 0.618. The molecule has 2 fully saturated rings. The molecule has 1 saturated carbocycles. The molecule has 1 saturated heterocycles. The van der Waals surface area contributed by atoms with Crippen molar-refractivity contribution >= 4 is 17.9 Å². The average Bonchev–Trinajstić information content (AvgIpc) is 3.08. The van der Waals surface area contributed by atoms with Gasteiger partial charge in [0.25, 0.3) is 0 Å². The summed E-state index contributed by atoms with van der Waals surface area (Å²) < 4.78 is 11.9. The minimum Gasteiger partial charge on any atom is -0.490 e. The standard InChI is InChI=1S/C16H19ClO3/c17-13-3-4-15(12(9-13)10-18)19-11-14-5-8-16(20-14)6-1-2-7-16/h3-4,9-10,14H,1-2,5-8,11H2. The fourth-order valence-electron chi connectivity index (χ4n) is 3.33. The van der Waals surface area contributed by atoms with Crippen LogP contribution in [0, 0.1) is 0 Å². The number of hydrogen-bond donors (Lipinski definition) is 0. The highest BCUT2D eigenvalue weighted by Crippen LogP contribution is 2.43. The van der Waals surface area contributed by atoms with Gasteiger partial charge in [0.15, 0.2) is 6.29 Å². The molecule has 1 heterocycles. The highest BCUT2D eigenvalue weighted by atomic mass is 35.5. The van der Waals surface area contributed by atoms with Crippen LogP contribution in [0.25, 0.3) is 0 Å². The number of carbonyl (C=O) groups is 1. The Kier molecular flexibility index (Phi) is 3.99. The van der Waals surface area contributed by atoms with Crippen LogP contribution in [0.15, 0.2) is 18.2 Å². The molecule has 3 rings (SSSR count). The summed E-state index contributed by atoms with van der Waals surface area (Å²) in [6.07, 6.45) is 8.03. The Morgan fingerprint density at radius 2 is 2.15 bits per heavy atom. The molecule has 20 heavy (non-hydrogen) atoms. The summed E-state index contributed by atoms with van der Waals surface area (Å²) in [6, 6.07) is 5.10. The fourth-order valence-corrected chi connectivity index (χ4v) is 3.51. The molecule has 1 atom stereocenters. The normalized spacial score (nSPS) is 24.1. The van der Waals surface area contributed by atoms with Crippen molar-refractivity contribution in [3.63, 3.8) is 0 Å². The maximum Gasteiger partial charge on any atom is 0.153 e. The van der Waals surface area contributed by atoms with Crippen molar-refractivity contribution in [1.82, 2.24) is 0 Å². The Morgan fingerprint density at radius 3 is 2.90 bits per heavy atom. The van der Waals surface area contributed by atoms with E-state index in [0.29, 0.717) is 22.9 Å². The van der Waals surface area contributed by atoms with Gasteiger partial charge in [-0.2, -0.15) is 0 Å². The van der Waals surface area contributed by atoms with Crippen LogP contribution in [0.1, 0.15) is 48.9 Å². The van der Waals surface area contributed by atoms with Crippen LogP contribution < -0.4 is 4.74 Å². The van der Waals surface area contributed by atoms with Crippen molar-refractivity contribution < 1.29 is 14.3 Å². The molecule has 1 aromatic rings. The second-order valence-electron chi connectivity index (χ2n) is 5.78. The first-order valence-electron chi connectivity index (χ1n) is 7.26. The van der Waals surface area contributed by atoms with Gasteiger partial charge < -0.3 is 9.47 Å². The lowest BCUT2D eigenvalue weighted by Gasteiger charge is -2.23. The van der Waals surface area contributed by atoms with E-state index in [2.05, 4.69) is 0 Å². The fraction of sp³-hybridized carbons (Fsp3) is 0.562. The topological polar surface area (TPSA) is 35.5 Å². The zero-order valence-electron chi connectivity index (χ0n) is 11.4. The summed E-state index contributed by atoms with van der Waals surface area (Å²) in [6.45, 7) is 0.504. The van der Waals surface area contributed by atoms with Gasteiger partial charge in [-0.15, -0.1) is 0 Å². The second kappa shape index (κ2) is 5.74. The van der Waals surface area contributed by atoms with E-state index in [9.17, 15) is 4.79 Å². The molecule has 0 amide bonds. The molecular weight excluding hydrogens is 276 g/mol. The van der Waals surface area contributed by atoms with E-state index in [4.69, 9.17) is 21.1 Å². The lowest BCUT2D eigenvalue weighted by molar-refractivity contribution is -0.0509. The molecule has 0 N–H and O–H groups in total. The lowest BCUT2D eigenvalue weighted by Crippen LogP contribution is -2.27. The molecule has 1 unspecified atom stereocenters. The Morgan fingerprint density at radius 1 is 1.35 bits per heavy atom. The number of benzene rings is 1. The van der Waals surface area contributed by atoms with Crippen LogP contribution in [0.4, 0.5) is 0 Å². The SMILES string of the molecule is O=Cc1cc(Cl)ccc1OCC1CCC2(CCCC2)O1.